The van der Waals surface area contributed by atoms with Crippen LogP contribution in [0.15, 0.2) is 42.7 Å². The highest BCUT2D eigenvalue weighted by molar-refractivity contribution is 5.92. The molecular weight excluding hydrogens is 363 g/mol. The van der Waals surface area contributed by atoms with Gasteiger partial charge >= 0.3 is 6.09 Å². The monoisotopic (exact) mass is 384 g/mol. The molecule has 2 bridgehead atoms. The van der Waals surface area contributed by atoms with Crippen molar-refractivity contribution in [1.29, 1.82) is 0 Å². The number of amides is 2. The molecule has 2 N–H and O–H groups in total. The van der Waals surface area contributed by atoms with Gasteiger partial charge in [0.1, 0.15) is 11.5 Å². The molecule has 4 rings (SSSR count). The Hall–Kier alpha value is -3.03. The number of halogens is 1. The summed E-state index contributed by atoms with van der Waals surface area (Å²) in [6.45, 7) is 0. The predicted octanol–water partition coefficient (Wildman–Crippen LogP) is 2.98. The average molecular weight is 384 g/mol. The summed E-state index contributed by atoms with van der Waals surface area (Å²) in [6, 6.07) is 7.71. The zero-order valence-electron chi connectivity index (χ0n) is 15.3. The molecule has 2 amide bonds. The second-order valence-corrected chi connectivity index (χ2v) is 7.59. The molecule has 0 unspecified atom stereocenters. The van der Waals surface area contributed by atoms with Gasteiger partial charge in [0.25, 0.3) is 5.91 Å². The minimum absolute atomic E-state index is 0.0406. The molecule has 2 aromatic rings. The van der Waals surface area contributed by atoms with Crippen molar-refractivity contribution in [2.75, 3.05) is 0 Å². The summed E-state index contributed by atoms with van der Waals surface area (Å²) in [7, 11) is 0. The molecule has 28 heavy (non-hydrogen) atoms. The van der Waals surface area contributed by atoms with Crippen molar-refractivity contribution in [3.8, 4) is 5.88 Å². The lowest BCUT2D eigenvalue weighted by molar-refractivity contribution is 0.0864. The third-order valence-electron chi connectivity index (χ3n) is 5.61. The van der Waals surface area contributed by atoms with Crippen LogP contribution in [-0.2, 0) is 0 Å². The van der Waals surface area contributed by atoms with Crippen LogP contribution in [0.1, 0.15) is 49.0 Å². The van der Waals surface area contributed by atoms with Gasteiger partial charge in [0.05, 0.1) is 6.20 Å². The van der Waals surface area contributed by atoms with Gasteiger partial charge in [-0.3, -0.25) is 9.78 Å². The van der Waals surface area contributed by atoms with E-state index in [0.717, 1.165) is 38.3 Å². The topological polar surface area (TPSA) is 93.2 Å². The van der Waals surface area contributed by atoms with E-state index < -0.39 is 17.4 Å². The van der Waals surface area contributed by atoms with E-state index in [4.69, 9.17) is 4.74 Å². The normalized spacial score (nSPS) is 25.8. The molecule has 8 heteroatoms. The Balaban J connectivity index is 1.41. The number of nitrogens with zero attached hydrogens (tertiary/aromatic N) is 2. The molecule has 2 aliphatic carbocycles. The van der Waals surface area contributed by atoms with Gasteiger partial charge in [0, 0.05) is 23.3 Å². The second kappa shape index (κ2) is 7.18. The van der Waals surface area contributed by atoms with Crippen molar-refractivity contribution >= 4 is 12.0 Å². The van der Waals surface area contributed by atoms with Crippen LogP contribution >= 0.6 is 0 Å². The van der Waals surface area contributed by atoms with Gasteiger partial charge in [-0.1, -0.05) is 6.07 Å². The maximum atomic E-state index is 12.9. The number of fused-ring (bicyclic) bond motifs is 2. The van der Waals surface area contributed by atoms with E-state index in [-0.39, 0.29) is 17.3 Å². The first-order chi connectivity index (χ1) is 13.5. The number of nitrogens with one attached hydrogen (secondary N) is 2. The fraction of sp³-hybridized carbons (Fsp3) is 0.400. The van der Waals surface area contributed by atoms with E-state index in [0.29, 0.717) is 12.1 Å². The summed E-state index contributed by atoms with van der Waals surface area (Å²) in [5.74, 6) is -0.655. The SMILES string of the molecule is O=C(N[C@]12CCC[C@](NC(=O)c3ccccn3)(CC1)C2)Oc1ccc(F)cn1. The Labute approximate surface area is 161 Å². The van der Waals surface area contributed by atoms with E-state index >= 15 is 0 Å². The summed E-state index contributed by atoms with van der Waals surface area (Å²) >= 11 is 0. The minimum Gasteiger partial charge on any atom is -0.391 e. The van der Waals surface area contributed by atoms with Crippen molar-refractivity contribution in [3.05, 3.63) is 54.2 Å². The highest BCUT2D eigenvalue weighted by Crippen LogP contribution is 2.48. The molecule has 2 saturated carbocycles. The molecule has 0 spiro atoms. The number of carbonyl (C=O) groups is 2. The highest BCUT2D eigenvalue weighted by Gasteiger charge is 2.52. The number of hydrogen-bond donors (Lipinski definition) is 2. The van der Waals surface area contributed by atoms with E-state index in [9.17, 15) is 14.0 Å². The van der Waals surface area contributed by atoms with Crippen LogP contribution in [-0.4, -0.2) is 33.0 Å². The number of hydrogen-bond acceptors (Lipinski definition) is 5. The molecule has 2 aromatic heterocycles. The Morgan fingerprint density at radius 3 is 2.46 bits per heavy atom. The van der Waals surface area contributed by atoms with Crippen molar-refractivity contribution in [2.45, 2.75) is 49.6 Å². The summed E-state index contributed by atoms with van der Waals surface area (Å²) in [4.78, 5) is 32.7. The third-order valence-corrected chi connectivity index (χ3v) is 5.61. The van der Waals surface area contributed by atoms with E-state index in [1.807, 2.05) is 0 Å². The number of aromatic nitrogens is 2. The molecule has 146 valence electrons. The van der Waals surface area contributed by atoms with Crippen molar-refractivity contribution in [3.63, 3.8) is 0 Å². The average Bonchev–Trinajstić information content (AvgIpc) is 2.93. The van der Waals surface area contributed by atoms with Crippen molar-refractivity contribution in [1.82, 2.24) is 20.6 Å². The lowest BCUT2D eigenvalue weighted by Gasteiger charge is -2.40. The van der Waals surface area contributed by atoms with Gasteiger partial charge in [-0.05, 0) is 56.7 Å². The number of carbonyl (C=O) groups excluding carboxylic acids is 2. The van der Waals surface area contributed by atoms with Gasteiger partial charge in [-0.15, -0.1) is 0 Å². The Bertz CT molecular complexity index is 877. The summed E-state index contributed by atoms with van der Waals surface area (Å²) in [5.41, 5.74) is -0.393. The van der Waals surface area contributed by atoms with Crippen LogP contribution in [0.5, 0.6) is 5.88 Å². The highest BCUT2D eigenvalue weighted by atomic mass is 19.1. The van der Waals surface area contributed by atoms with E-state index in [1.165, 1.54) is 12.1 Å². The number of rotatable bonds is 4. The molecule has 2 atom stereocenters. The fourth-order valence-electron chi connectivity index (χ4n) is 4.39. The van der Waals surface area contributed by atoms with Crippen LogP contribution in [0.3, 0.4) is 0 Å². The Kier molecular flexibility index (Phi) is 4.70. The first-order valence-electron chi connectivity index (χ1n) is 9.33. The summed E-state index contributed by atoms with van der Waals surface area (Å²) < 4.78 is 18.1. The smallest absolute Gasteiger partial charge is 0.391 e. The lowest BCUT2D eigenvalue weighted by atomic mass is 9.78. The zero-order chi connectivity index (χ0) is 19.6. The van der Waals surface area contributed by atoms with Gasteiger partial charge in [-0.2, -0.15) is 0 Å². The number of ether oxygens (including phenoxy) is 1. The van der Waals surface area contributed by atoms with E-state index in [2.05, 4.69) is 20.6 Å². The molecule has 0 aromatic carbocycles. The zero-order valence-corrected chi connectivity index (χ0v) is 15.3. The molecule has 0 saturated heterocycles. The van der Waals surface area contributed by atoms with Crippen LogP contribution in [0.25, 0.3) is 0 Å². The molecule has 7 nitrogen and oxygen atoms in total. The van der Waals surface area contributed by atoms with Crippen molar-refractivity contribution in [2.24, 2.45) is 0 Å². The maximum absolute atomic E-state index is 12.9. The first-order valence-corrected chi connectivity index (χ1v) is 9.33. The summed E-state index contributed by atoms with van der Waals surface area (Å²) in [5, 5.41) is 6.11. The summed E-state index contributed by atoms with van der Waals surface area (Å²) in [6.07, 6.45) is 6.71. The van der Waals surface area contributed by atoms with Crippen molar-refractivity contribution < 1.29 is 18.7 Å². The minimum atomic E-state index is -0.618. The van der Waals surface area contributed by atoms with Crippen LogP contribution in [0.4, 0.5) is 9.18 Å². The largest absolute Gasteiger partial charge is 0.414 e. The van der Waals surface area contributed by atoms with Gasteiger partial charge < -0.3 is 15.4 Å². The molecule has 2 heterocycles. The first kappa shape index (κ1) is 18.3. The number of pyridine rings is 2. The van der Waals surface area contributed by atoms with Gasteiger partial charge in [0.15, 0.2) is 0 Å². The fourth-order valence-corrected chi connectivity index (χ4v) is 4.39. The van der Waals surface area contributed by atoms with Crippen LogP contribution in [0, 0.1) is 5.82 Å². The molecular formula is C20H21FN4O3. The Morgan fingerprint density at radius 1 is 1.00 bits per heavy atom. The third kappa shape index (κ3) is 3.81. The predicted molar refractivity (Wildman–Crippen MR) is 98.2 cm³/mol. The maximum Gasteiger partial charge on any atom is 0.414 e. The van der Waals surface area contributed by atoms with Crippen LogP contribution < -0.4 is 15.4 Å². The quantitative estimate of drug-likeness (QED) is 0.845. The Morgan fingerprint density at radius 2 is 1.79 bits per heavy atom. The molecule has 2 aliphatic rings. The van der Waals surface area contributed by atoms with Crippen LogP contribution in [0.2, 0.25) is 0 Å². The molecule has 0 aliphatic heterocycles. The molecule has 2 fully saturated rings. The second-order valence-electron chi connectivity index (χ2n) is 7.59. The standard InChI is InChI=1S/C20H21FN4O3/c21-14-5-6-16(23-12-14)28-18(27)25-20-8-3-7-19(13-20,9-10-20)24-17(26)15-4-1-2-11-22-15/h1-2,4-6,11-12H,3,7-10,13H2,(H,24,26)(H,25,27)/t19-,20+/m0/s1. The van der Waals surface area contributed by atoms with Gasteiger partial charge in [0.2, 0.25) is 5.88 Å². The lowest BCUT2D eigenvalue weighted by Crippen LogP contribution is -2.55. The molecule has 0 radical (unpaired) electrons. The van der Waals surface area contributed by atoms with Gasteiger partial charge in [-0.25, -0.2) is 14.2 Å². The van der Waals surface area contributed by atoms with E-state index in [1.54, 1.807) is 24.4 Å².